The lowest BCUT2D eigenvalue weighted by Crippen LogP contribution is -2.19. The zero-order valence-corrected chi connectivity index (χ0v) is 8.80. The van der Waals surface area contributed by atoms with Gasteiger partial charge in [-0.25, -0.2) is 9.78 Å². The maximum atomic E-state index is 10.8. The van der Waals surface area contributed by atoms with Gasteiger partial charge in [-0.15, -0.1) is 0 Å². The molecule has 0 saturated carbocycles. The SMILES string of the molecule is CC(=O)NCC=Cc1cccnc1C(=O)O. The van der Waals surface area contributed by atoms with Crippen molar-refractivity contribution in [3.8, 4) is 0 Å². The number of nitrogens with zero attached hydrogens (tertiary/aromatic N) is 1. The van der Waals surface area contributed by atoms with Crippen molar-refractivity contribution in [2.45, 2.75) is 6.92 Å². The van der Waals surface area contributed by atoms with Crippen LogP contribution in [0.5, 0.6) is 0 Å². The number of carboxylic acid groups (broad SMARTS) is 1. The van der Waals surface area contributed by atoms with Crippen molar-refractivity contribution < 1.29 is 14.7 Å². The van der Waals surface area contributed by atoms with Crippen LogP contribution in [0, 0.1) is 0 Å². The molecule has 1 heterocycles. The van der Waals surface area contributed by atoms with Crippen LogP contribution < -0.4 is 5.32 Å². The van der Waals surface area contributed by atoms with E-state index in [1.54, 1.807) is 24.3 Å². The molecule has 5 heteroatoms. The summed E-state index contributed by atoms with van der Waals surface area (Å²) in [7, 11) is 0. The minimum Gasteiger partial charge on any atom is -0.476 e. The summed E-state index contributed by atoms with van der Waals surface area (Å²) in [6.07, 6.45) is 4.71. The fraction of sp³-hybridized carbons (Fsp3) is 0.182. The number of hydrogen-bond acceptors (Lipinski definition) is 3. The van der Waals surface area contributed by atoms with Gasteiger partial charge in [-0.1, -0.05) is 18.2 Å². The molecule has 0 atom stereocenters. The summed E-state index contributed by atoms with van der Waals surface area (Å²) in [6.45, 7) is 1.78. The zero-order chi connectivity index (χ0) is 12.0. The largest absolute Gasteiger partial charge is 0.476 e. The van der Waals surface area contributed by atoms with E-state index in [-0.39, 0.29) is 11.6 Å². The highest BCUT2D eigenvalue weighted by molar-refractivity contribution is 5.89. The van der Waals surface area contributed by atoms with E-state index in [4.69, 9.17) is 5.11 Å². The predicted octanol–water partition coefficient (Wildman–Crippen LogP) is 0.929. The van der Waals surface area contributed by atoms with E-state index in [0.717, 1.165) is 0 Å². The molecular formula is C11H12N2O3. The molecule has 0 unspecified atom stereocenters. The summed E-state index contributed by atoms with van der Waals surface area (Å²) in [4.78, 5) is 25.1. The van der Waals surface area contributed by atoms with E-state index in [0.29, 0.717) is 12.1 Å². The number of aromatic nitrogens is 1. The normalized spacial score (nSPS) is 10.3. The Labute approximate surface area is 92.8 Å². The van der Waals surface area contributed by atoms with Gasteiger partial charge in [0.25, 0.3) is 0 Å². The molecular weight excluding hydrogens is 208 g/mol. The molecule has 0 saturated heterocycles. The van der Waals surface area contributed by atoms with Crippen molar-refractivity contribution in [3.05, 3.63) is 35.7 Å². The Morgan fingerprint density at radius 2 is 2.31 bits per heavy atom. The molecule has 1 aromatic rings. The molecule has 0 aromatic carbocycles. The van der Waals surface area contributed by atoms with Crippen LogP contribution in [-0.4, -0.2) is 28.5 Å². The third kappa shape index (κ3) is 3.53. The lowest BCUT2D eigenvalue weighted by Gasteiger charge is -1.99. The molecule has 0 fully saturated rings. The van der Waals surface area contributed by atoms with Gasteiger partial charge >= 0.3 is 5.97 Å². The fourth-order valence-electron chi connectivity index (χ4n) is 1.12. The second kappa shape index (κ2) is 5.65. The van der Waals surface area contributed by atoms with Gasteiger partial charge in [0.2, 0.25) is 5.91 Å². The van der Waals surface area contributed by atoms with Crippen LogP contribution in [0.15, 0.2) is 24.4 Å². The molecule has 0 bridgehead atoms. The minimum absolute atomic E-state index is 0.00146. The first-order valence-corrected chi connectivity index (χ1v) is 4.70. The van der Waals surface area contributed by atoms with E-state index in [9.17, 15) is 9.59 Å². The molecule has 0 aliphatic heterocycles. The number of amides is 1. The number of rotatable bonds is 4. The smallest absolute Gasteiger partial charge is 0.355 e. The van der Waals surface area contributed by atoms with Gasteiger partial charge in [-0.05, 0) is 6.07 Å². The van der Waals surface area contributed by atoms with Gasteiger partial charge in [0.05, 0.1) is 0 Å². The molecule has 84 valence electrons. The van der Waals surface area contributed by atoms with Crippen molar-refractivity contribution >= 4 is 18.0 Å². The van der Waals surface area contributed by atoms with E-state index < -0.39 is 5.97 Å². The van der Waals surface area contributed by atoms with Crippen LogP contribution >= 0.6 is 0 Å². The van der Waals surface area contributed by atoms with E-state index >= 15 is 0 Å². The van der Waals surface area contributed by atoms with Crippen LogP contribution in [0.2, 0.25) is 0 Å². The standard InChI is InChI=1S/C11H12N2O3/c1-8(14)12-6-2-4-9-5-3-7-13-10(9)11(15)16/h2-5,7H,6H2,1H3,(H,12,14)(H,15,16). The molecule has 1 amide bonds. The molecule has 0 spiro atoms. The monoisotopic (exact) mass is 220 g/mol. The molecule has 16 heavy (non-hydrogen) atoms. The number of carboxylic acids is 1. The number of aromatic carboxylic acids is 1. The lowest BCUT2D eigenvalue weighted by atomic mass is 10.2. The van der Waals surface area contributed by atoms with Crippen LogP contribution in [-0.2, 0) is 4.79 Å². The molecule has 0 aliphatic carbocycles. The van der Waals surface area contributed by atoms with E-state index in [1.165, 1.54) is 13.1 Å². The van der Waals surface area contributed by atoms with Gasteiger partial charge in [0, 0.05) is 25.2 Å². The number of nitrogens with one attached hydrogen (secondary N) is 1. The van der Waals surface area contributed by atoms with Gasteiger partial charge in [0.15, 0.2) is 5.69 Å². The second-order valence-electron chi connectivity index (χ2n) is 3.09. The number of carbonyl (C=O) groups excluding carboxylic acids is 1. The highest BCUT2D eigenvalue weighted by Gasteiger charge is 2.07. The highest BCUT2D eigenvalue weighted by Crippen LogP contribution is 2.07. The summed E-state index contributed by atoms with van der Waals surface area (Å²) >= 11 is 0. The topological polar surface area (TPSA) is 79.3 Å². The quantitative estimate of drug-likeness (QED) is 0.791. The van der Waals surface area contributed by atoms with Crippen molar-refractivity contribution in [3.63, 3.8) is 0 Å². The van der Waals surface area contributed by atoms with Crippen molar-refractivity contribution in [1.29, 1.82) is 0 Å². The summed E-state index contributed by atoms with van der Waals surface area (Å²) in [5.41, 5.74) is 0.516. The average molecular weight is 220 g/mol. The summed E-state index contributed by atoms with van der Waals surface area (Å²) in [6, 6.07) is 3.31. The Bertz CT molecular complexity index is 427. The van der Waals surface area contributed by atoms with Gasteiger partial charge in [-0.2, -0.15) is 0 Å². The lowest BCUT2D eigenvalue weighted by molar-refractivity contribution is -0.118. The summed E-state index contributed by atoms with van der Waals surface area (Å²) in [5, 5.41) is 11.4. The molecule has 0 radical (unpaired) electrons. The minimum atomic E-state index is -1.07. The first kappa shape index (κ1) is 11.9. The second-order valence-corrected chi connectivity index (χ2v) is 3.09. The Morgan fingerprint density at radius 3 is 2.94 bits per heavy atom. The highest BCUT2D eigenvalue weighted by atomic mass is 16.4. The molecule has 1 rings (SSSR count). The Balaban J connectivity index is 2.73. The average Bonchev–Trinajstić information content (AvgIpc) is 2.24. The van der Waals surface area contributed by atoms with Crippen molar-refractivity contribution in [2.24, 2.45) is 0 Å². The molecule has 1 aromatic heterocycles. The molecule has 2 N–H and O–H groups in total. The predicted molar refractivity (Wildman–Crippen MR) is 58.9 cm³/mol. The van der Waals surface area contributed by atoms with Gasteiger partial charge in [-0.3, -0.25) is 4.79 Å². The first-order chi connectivity index (χ1) is 7.61. The Kier molecular flexibility index (Phi) is 4.20. The van der Waals surface area contributed by atoms with E-state index in [1.807, 2.05) is 0 Å². The maximum Gasteiger partial charge on any atom is 0.355 e. The van der Waals surface area contributed by atoms with E-state index in [2.05, 4.69) is 10.3 Å². The number of carbonyl (C=O) groups is 2. The molecule has 0 aliphatic rings. The Hall–Kier alpha value is -2.17. The Morgan fingerprint density at radius 1 is 1.56 bits per heavy atom. The number of pyridine rings is 1. The van der Waals surface area contributed by atoms with Crippen LogP contribution in [0.25, 0.3) is 6.08 Å². The van der Waals surface area contributed by atoms with Crippen molar-refractivity contribution in [1.82, 2.24) is 10.3 Å². The first-order valence-electron chi connectivity index (χ1n) is 4.70. The summed E-state index contributed by atoms with van der Waals surface area (Å²) in [5.74, 6) is -1.20. The van der Waals surface area contributed by atoms with Crippen LogP contribution in [0.1, 0.15) is 23.0 Å². The fourth-order valence-corrected chi connectivity index (χ4v) is 1.12. The summed E-state index contributed by atoms with van der Waals surface area (Å²) < 4.78 is 0. The maximum absolute atomic E-state index is 10.8. The van der Waals surface area contributed by atoms with Crippen LogP contribution in [0.4, 0.5) is 0 Å². The van der Waals surface area contributed by atoms with Crippen molar-refractivity contribution in [2.75, 3.05) is 6.54 Å². The van der Waals surface area contributed by atoms with Gasteiger partial charge < -0.3 is 10.4 Å². The van der Waals surface area contributed by atoms with Crippen LogP contribution in [0.3, 0.4) is 0 Å². The zero-order valence-electron chi connectivity index (χ0n) is 8.80. The third-order valence-electron chi connectivity index (χ3n) is 1.81. The third-order valence-corrected chi connectivity index (χ3v) is 1.81. The molecule has 5 nitrogen and oxygen atoms in total. The number of hydrogen-bond donors (Lipinski definition) is 2. The van der Waals surface area contributed by atoms with Gasteiger partial charge in [0.1, 0.15) is 0 Å².